The third kappa shape index (κ3) is 6.41. The van der Waals surface area contributed by atoms with Crippen LogP contribution >= 0.6 is 0 Å². The largest absolute Gasteiger partial charge is 0.353 e. The zero-order valence-electron chi connectivity index (χ0n) is 13.3. The Bertz CT molecular complexity index is 597. The van der Waals surface area contributed by atoms with Crippen molar-refractivity contribution in [2.75, 3.05) is 13.6 Å². The summed E-state index contributed by atoms with van der Waals surface area (Å²) in [4.78, 5) is 11.8. The van der Waals surface area contributed by atoms with Crippen LogP contribution in [-0.4, -0.2) is 38.3 Å². The molecule has 0 aliphatic heterocycles. The standard InChI is InChI=1S/C16H24N2O3S/c1-4-8-14(2)17-16(19)13-18(3)22(20,21)12-11-15-9-6-5-7-10-15/h5-7,9-12,14H,4,8,13H2,1-3H3,(H,17,19). The van der Waals surface area contributed by atoms with Crippen LogP contribution in [0.25, 0.3) is 6.08 Å². The first-order chi connectivity index (χ1) is 10.3. The van der Waals surface area contributed by atoms with E-state index in [9.17, 15) is 13.2 Å². The number of carbonyl (C=O) groups is 1. The molecule has 1 amide bonds. The van der Waals surface area contributed by atoms with Gasteiger partial charge in [0.2, 0.25) is 15.9 Å². The molecule has 0 aromatic heterocycles. The second-order valence-corrected chi connectivity index (χ2v) is 7.20. The Balaban J connectivity index is 2.61. The molecule has 122 valence electrons. The molecule has 1 atom stereocenters. The van der Waals surface area contributed by atoms with E-state index in [1.807, 2.05) is 44.2 Å². The molecule has 0 bridgehead atoms. The predicted octanol–water partition coefficient (Wildman–Crippen LogP) is 2.22. The van der Waals surface area contributed by atoms with E-state index in [-0.39, 0.29) is 18.5 Å². The van der Waals surface area contributed by atoms with Crippen molar-refractivity contribution in [1.82, 2.24) is 9.62 Å². The number of carbonyl (C=O) groups excluding carboxylic acids is 1. The quantitative estimate of drug-likeness (QED) is 0.797. The summed E-state index contributed by atoms with van der Waals surface area (Å²) in [6, 6.07) is 9.20. The maximum Gasteiger partial charge on any atom is 0.236 e. The number of sulfonamides is 1. The second kappa shape index (κ2) is 8.70. The zero-order valence-corrected chi connectivity index (χ0v) is 14.1. The van der Waals surface area contributed by atoms with Gasteiger partial charge in [-0.05, 0) is 25.0 Å². The van der Waals surface area contributed by atoms with Gasteiger partial charge in [-0.1, -0.05) is 43.7 Å². The fourth-order valence-electron chi connectivity index (χ4n) is 1.95. The number of nitrogens with one attached hydrogen (secondary N) is 1. The van der Waals surface area contributed by atoms with Crippen LogP contribution in [0.3, 0.4) is 0 Å². The van der Waals surface area contributed by atoms with Crippen LogP contribution in [0.15, 0.2) is 35.7 Å². The lowest BCUT2D eigenvalue weighted by atomic mass is 10.2. The van der Waals surface area contributed by atoms with Gasteiger partial charge in [0, 0.05) is 18.5 Å². The van der Waals surface area contributed by atoms with E-state index in [0.29, 0.717) is 0 Å². The molecule has 0 fully saturated rings. The molecule has 5 nitrogen and oxygen atoms in total. The molecule has 1 N–H and O–H groups in total. The maximum atomic E-state index is 12.1. The van der Waals surface area contributed by atoms with Gasteiger partial charge in [0.05, 0.1) is 6.54 Å². The van der Waals surface area contributed by atoms with Crippen LogP contribution in [0.5, 0.6) is 0 Å². The van der Waals surface area contributed by atoms with E-state index in [1.54, 1.807) is 0 Å². The van der Waals surface area contributed by atoms with Crippen molar-refractivity contribution >= 4 is 22.0 Å². The van der Waals surface area contributed by atoms with Gasteiger partial charge in [0.15, 0.2) is 0 Å². The number of rotatable bonds is 8. The molecule has 0 aliphatic rings. The number of hydrogen-bond donors (Lipinski definition) is 1. The van der Waals surface area contributed by atoms with Crippen LogP contribution in [-0.2, 0) is 14.8 Å². The van der Waals surface area contributed by atoms with Gasteiger partial charge in [-0.15, -0.1) is 0 Å². The molecule has 22 heavy (non-hydrogen) atoms. The highest BCUT2D eigenvalue weighted by molar-refractivity contribution is 7.92. The van der Waals surface area contributed by atoms with Crippen molar-refractivity contribution in [2.24, 2.45) is 0 Å². The van der Waals surface area contributed by atoms with Crippen molar-refractivity contribution in [2.45, 2.75) is 32.7 Å². The molecule has 1 rings (SSSR count). The van der Waals surface area contributed by atoms with E-state index in [2.05, 4.69) is 5.32 Å². The van der Waals surface area contributed by atoms with Crippen LogP contribution in [0.4, 0.5) is 0 Å². The summed E-state index contributed by atoms with van der Waals surface area (Å²) < 4.78 is 25.3. The molecule has 1 aromatic carbocycles. The smallest absolute Gasteiger partial charge is 0.236 e. The van der Waals surface area contributed by atoms with Crippen LogP contribution < -0.4 is 5.32 Å². The Morgan fingerprint density at radius 1 is 1.32 bits per heavy atom. The zero-order chi connectivity index (χ0) is 16.6. The topological polar surface area (TPSA) is 66.5 Å². The van der Waals surface area contributed by atoms with Gasteiger partial charge >= 0.3 is 0 Å². The highest BCUT2D eigenvalue weighted by atomic mass is 32.2. The number of benzene rings is 1. The van der Waals surface area contributed by atoms with Gasteiger partial charge < -0.3 is 5.32 Å². The summed E-state index contributed by atoms with van der Waals surface area (Å²) in [5, 5.41) is 3.90. The lowest BCUT2D eigenvalue weighted by Gasteiger charge is -2.17. The summed E-state index contributed by atoms with van der Waals surface area (Å²) in [6.07, 6.45) is 3.36. The molecule has 1 aromatic rings. The summed E-state index contributed by atoms with van der Waals surface area (Å²) in [5.74, 6) is -0.292. The van der Waals surface area contributed by atoms with Crippen molar-refractivity contribution in [3.63, 3.8) is 0 Å². The summed E-state index contributed by atoms with van der Waals surface area (Å²) in [5.41, 5.74) is 0.792. The first-order valence-corrected chi connectivity index (χ1v) is 8.84. The van der Waals surface area contributed by atoms with Crippen molar-refractivity contribution in [3.05, 3.63) is 41.3 Å². The van der Waals surface area contributed by atoms with Crippen molar-refractivity contribution in [3.8, 4) is 0 Å². The average molecular weight is 324 g/mol. The molecular weight excluding hydrogens is 300 g/mol. The summed E-state index contributed by atoms with van der Waals surface area (Å²) in [6.45, 7) is 3.76. The Morgan fingerprint density at radius 3 is 2.55 bits per heavy atom. The highest BCUT2D eigenvalue weighted by Gasteiger charge is 2.18. The predicted molar refractivity (Wildman–Crippen MR) is 89.5 cm³/mol. The van der Waals surface area contributed by atoms with E-state index in [0.717, 1.165) is 28.1 Å². The Labute approximate surface area is 133 Å². The van der Waals surface area contributed by atoms with Crippen LogP contribution in [0.1, 0.15) is 32.3 Å². The van der Waals surface area contributed by atoms with E-state index >= 15 is 0 Å². The van der Waals surface area contributed by atoms with E-state index in [4.69, 9.17) is 0 Å². The minimum absolute atomic E-state index is 0.0495. The molecule has 1 unspecified atom stereocenters. The van der Waals surface area contributed by atoms with E-state index < -0.39 is 10.0 Å². The molecule has 0 spiro atoms. The minimum atomic E-state index is -3.61. The van der Waals surface area contributed by atoms with Crippen LogP contribution in [0.2, 0.25) is 0 Å². The van der Waals surface area contributed by atoms with Gasteiger partial charge in [0.25, 0.3) is 0 Å². The fraction of sp³-hybridized carbons (Fsp3) is 0.438. The second-order valence-electron chi connectivity index (χ2n) is 5.27. The monoisotopic (exact) mass is 324 g/mol. The highest BCUT2D eigenvalue weighted by Crippen LogP contribution is 2.06. The summed E-state index contributed by atoms with van der Waals surface area (Å²) in [7, 11) is -2.21. The normalized spacial score (nSPS) is 13.5. The van der Waals surface area contributed by atoms with Gasteiger partial charge in [-0.3, -0.25) is 4.79 Å². The van der Waals surface area contributed by atoms with E-state index in [1.165, 1.54) is 13.1 Å². The molecule has 0 heterocycles. The average Bonchev–Trinajstić information content (AvgIpc) is 2.46. The third-order valence-electron chi connectivity index (χ3n) is 3.16. The van der Waals surface area contributed by atoms with Gasteiger partial charge in [-0.25, -0.2) is 8.42 Å². The van der Waals surface area contributed by atoms with Gasteiger partial charge in [-0.2, -0.15) is 4.31 Å². The Hall–Kier alpha value is -1.66. The van der Waals surface area contributed by atoms with Crippen LogP contribution in [0, 0.1) is 0 Å². The number of hydrogen-bond acceptors (Lipinski definition) is 3. The molecule has 0 aliphatic carbocycles. The number of likely N-dealkylation sites (N-methyl/N-ethyl adjacent to an activating group) is 1. The molecule has 0 saturated heterocycles. The first kappa shape index (κ1) is 18.4. The fourth-order valence-corrected chi connectivity index (χ4v) is 2.78. The lowest BCUT2D eigenvalue weighted by molar-refractivity contribution is -0.121. The SMILES string of the molecule is CCCC(C)NC(=O)CN(C)S(=O)(=O)C=Cc1ccccc1. The molecule has 0 saturated carbocycles. The Morgan fingerprint density at radius 2 is 1.95 bits per heavy atom. The third-order valence-corrected chi connectivity index (χ3v) is 4.64. The molecular formula is C16H24N2O3S. The molecule has 0 radical (unpaired) electrons. The van der Waals surface area contributed by atoms with Crippen molar-refractivity contribution in [1.29, 1.82) is 0 Å². The lowest BCUT2D eigenvalue weighted by Crippen LogP contribution is -2.41. The van der Waals surface area contributed by atoms with Gasteiger partial charge in [0.1, 0.15) is 0 Å². The minimum Gasteiger partial charge on any atom is -0.353 e. The maximum absolute atomic E-state index is 12.1. The molecule has 6 heteroatoms. The van der Waals surface area contributed by atoms with Crippen molar-refractivity contribution < 1.29 is 13.2 Å². The Kier molecular flexibility index (Phi) is 7.27. The number of amides is 1. The summed E-state index contributed by atoms with van der Waals surface area (Å²) >= 11 is 0. The number of nitrogens with zero attached hydrogens (tertiary/aromatic N) is 1. The first-order valence-electron chi connectivity index (χ1n) is 7.34.